The Bertz CT molecular complexity index is 272. The molecule has 1 aromatic heterocycles. The molecule has 4 heteroatoms. The van der Waals surface area contributed by atoms with E-state index in [0.29, 0.717) is 24.7 Å². The van der Waals surface area contributed by atoms with Gasteiger partial charge in [0.05, 0.1) is 6.26 Å². The van der Waals surface area contributed by atoms with Crippen LogP contribution in [-0.4, -0.2) is 29.8 Å². The normalized spacial score (nSPS) is 10.1. The highest BCUT2D eigenvalue weighted by atomic mass is 35.5. The molecule has 0 saturated carbocycles. The van der Waals surface area contributed by atoms with Crippen molar-refractivity contribution in [3.63, 3.8) is 0 Å². The summed E-state index contributed by atoms with van der Waals surface area (Å²) in [4.78, 5) is 13.5. The molecule has 0 saturated heterocycles. The molecule has 0 radical (unpaired) electrons. The highest BCUT2D eigenvalue weighted by Gasteiger charge is 2.15. The van der Waals surface area contributed by atoms with E-state index in [1.54, 1.807) is 17.0 Å². The average molecular weight is 216 g/mol. The molecule has 0 N–H and O–H groups in total. The lowest BCUT2D eigenvalue weighted by atomic mass is 10.3. The predicted octanol–water partition coefficient (Wildman–Crippen LogP) is 2.37. The minimum absolute atomic E-state index is 0.0670. The molecule has 14 heavy (non-hydrogen) atoms. The van der Waals surface area contributed by atoms with E-state index in [-0.39, 0.29) is 5.91 Å². The summed E-state index contributed by atoms with van der Waals surface area (Å²) in [5, 5.41) is 0. The third-order valence-corrected chi connectivity index (χ3v) is 2.23. The van der Waals surface area contributed by atoms with Gasteiger partial charge in [-0.05, 0) is 25.5 Å². The molecule has 0 unspecified atom stereocenters. The smallest absolute Gasteiger partial charge is 0.289 e. The van der Waals surface area contributed by atoms with Crippen molar-refractivity contribution in [3.05, 3.63) is 24.2 Å². The van der Waals surface area contributed by atoms with Crippen LogP contribution in [-0.2, 0) is 0 Å². The molecule has 0 aliphatic carbocycles. The fourth-order valence-corrected chi connectivity index (χ4v) is 1.33. The van der Waals surface area contributed by atoms with E-state index < -0.39 is 0 Å². The van der Waals surface area contributed by atoms with E-state index >= 15 is 0 Å². The summed E-state index contributed by atoms with van der Waals surface area (Å²) in [7, 11) is 0. The molecule has 0 fully saturated rings. The Labute approximate surface area is 88.6 Å². The number of hydrogen-bond acceptors (Lipinski definition) is 2. The number of carbonyl (C=O) groups excluding carboxylic acids is 1. The van der Waals surface area contributed by atoms with Gasteiger partial charge in [-0.25, -0.2) is 0 Å². The second-order valence-corrected chi connectivity index (χ2v) is 3.28. The maximum absolute atomic E-state index is 11.7. The second kappa shape index (κ2) is 5.70. The van der Waals surface area contributed by atoms with Gasteiger partial charge in [0.15, 0.2) is 5.76 Å². The van der Waals surface area contributed by atoms with Crippen LogP contribution in [0.3, 0.4) is 0 Å². The fraction of sp³-hybridized carbons (Fsp3) is 0.500. The molecule has 0 atom stereocenters. The van der Waals surface area contributed by atoms with Gasteiger partial charge in [-0.15, -0.1) is 11.6 Å². The Morgan fingerprint density at radius 1 is 1.64 bits per heavy atom. The fourth-order valence-electron chi connectivity index (χ4n) is 1.21. The van der Waals surface area contributed by atoms with Crippen LogP contribution in [0.15, 0.2) is 22.8 Å². The number of carbonyl (C=O) groups is 1. The first-order valence-corrected chi connectivity index (χ1v) is 5.21. The zero-order valence-corrected chi connectivity index (χ0v) is 8.96. The minimum Gasteiger partial charge on any atom is -0.459 e. The summed E-state index contributed by atoms with van der Waals surface area (Å²) in [6.45, 7) is 3.30. The molecule has 0 aromatic carbocycles. The number of furan rings is 1. The van der Waals surface area contributed by atoms with Gasteiger partial charge in [0, 0.05) is 19.0 Å². The standard InChI is InChI=1S/C10H14ClNO2/c1-2-12(7-4-6-11)10(13)9-5-3-8-14-9/h3,5,8H,2,4,6-7H2,1H3. The van der Waals surface area contributed by atoms with Gasteiger partial charge in [0.25, 0.3) is 5.91 Å². The Morgan fingerprint density at radius 3 is 2.93 bits per heavy atom. The Kier molecular flexibility index (Phi) is 4.53. The molecule has 0 aliphatic heterocycles. The maximum Gasteiger partial charge on any atom is 0.289 e. The molecule has 1 aromatic rings. The highest BCUT2D eigenvalue weighted by Crippen LogP contribution is 2.06. The zero-order chi connectivity index (χ0) is 10.4. The molecule has 0 bridgehead atoms. The minimum atomic E-state index is -0.0670. The summed E-state index contributed by atoms with van der Waals surface area (Å²) < 4.78 is 5.03. The van der Waals surface area contributed by atoms with Crippen LogP contribution in [0, 0.1) is 0 Å². The van der Waals surface area contributed by atoms with Crippen molar-refractivity contribution in [2.45, 2.75) is 13.3 Å². The van der Waals surface area contributed by atoms with E-state index in [9.17, 15) is 4.79 Å². The van der Waals surface area contributed by atoms with E-state index in [2.05, 4.69) is 0 Å². The Balaban J connectivity index is 2.56. The van der Waals surface area contributed by atoms with E-state index in [1.807, 2.05) is 6.92 Å². The lowest BCUT2D eigenvalue weighted by Crippen LogP contribution is -2.31. The summed E-state index contributed by atoms with van der Waals surface area (Å²) in [5.74, 6) is 0.895. The van der Waals surface area contributed by atoms with Crippen molar-refractivity contribution in [1.29, 1.82) is 0 Å². The molecule has 1 heterocycles. The summed E-state index contributed by atoms with van der Waals surface area (Å²) in [6, 6.07) is 3.38. The van der Waals surface area contributed by atoms with Gasteiger partial charge in [-0.1, -0.05) is 0 Å². The molecular formula is C10H14ClNO2. The van der Waals surface area contributed by atoms with Crippen LogP contribution >= 0.6 is 11.6 Å². The quantitative estimate of drug-likeness (QED) is 0.707. The van der Waals surface area contributed by atoms with Gasteiger partial charge >= 0.3 is 0 Å². The van der Waals surface area contributed by atoms with Crippen molar-refractivity contribution in [2.24, 2.45) is 0 Å². The maximum atomic E-state index is 11.7. The van der Waals surface area contributed by atoms with Crippen LogP contribution < -0.4 is 0 Å². The second-order valence-electron chi connectivity index (χ2n) is 2.90. The topological polar surface area (TPSA) is 33.5 Å². The van der Waals surface area contributed by atoms with Gasteiger partial charge < -0.3 is 9.32 Å². The number of hydrogen-bond donors (Lipinski definition) is 0. The molecule has 1 amide bonds. The molecule has 0 spiro atoms. The molecule has 78 valence electrons. The molecule has 3 nitrogen and oxygen atoms in total. The van der Waals surface area contributed by atoms with E-state index in [1.165, 1.54) is 6.26 Å². The largest absolute Gasteiger partial charge is 0.459 e. The average Bonchev–Trinajstić information content (AvgIpc) is 2.71. The number of alkyl halides is 1. The summed E-state index contributed by atoms with van der Waals surface area (Å²) >= 11 is 5.57. The van der Waals surface area contributed by atoms with Crippen molar-refractivity contribution < 1.29 is 9.21 Å². The van der Waals surface area contributed by atoms with Crippen LogP contribution in [0.2, 0.25) is 0 Å². The lowest BCUT2D eigenvalue weighted by molar-refractivity contribution is 0.0733. The third kappa shape index (κ3) is 2.77. The van der Waals surface area contributed by atoms with Gasteiger partial charge in [0.2, 0.25) is 0 Å². The predicted molar refractivity (Wildman–Crippen MR) is 55.6 cm³/mol. The third-order valence-electron chi connectivity index (χ3n) is 1.96. The highest BCUT2D eigenvalue weighted by molar-refractivity contribution is 6.17. The van der Waals surface area contributed by atoms with Crippen molar-refractivity contribution in [2.75, 3.05) is 19.0 Å². The number of amides is 1. The lowest BCUT2D eigenvalue weighted by Gasteiger charge is -2.18. The van der Waals surface area contributed by atoms with Crippen LogP contribution in [0.25, 0.3) is 0 Å². The molecular weight excluding hydrogens is 202 g/mol. The van der Waals surface area contributed by atoms with Crippen LogP contribution in [0.1, 0.15) is 23.9 Å². The van der Waals surface area contributed by atoms with Crippen LogP contribution in [0.5, 0.6) is 0 Å². The first kappa shape index (κ1) is 11.1. The Morgan fingerprint density at radius 2 is 2.43 bits per heavy atom. The number of nitrogens with zero attached hydrogens (tertiary/aromatic N) is 1. The first-order chi connectivity index (χ1) is 6.79. The molecule has 0 aliphatic rings. The van der Waals surface area contributed by atoms with Crippen molar-refractivity contribution in [1.82, 2.24) is 4.90 Å². The van der Waals surface area contributed by atoms with Crippen molar-refractivity contribution in [3.8, 4) is 0 Å². The summed E-state index contributed by atoms with van der Waals surface area (Å²) in [5.41, 5.74) is 0. The van der Waals surface area contributed by atoms with Gasteiger partial charge in [-0.2, -0.15) is 0 Å². The monoisotopic (exact) mass is 215 g/mol. The van der Waals surface area contributed by atoms with E-state index in [0.717, 1.165) is 6.42 Å². The molecule has 1 rings (SSSR count). The van der Waals surface area contributed by atoms with Crippen LogP contribution in [0.4, 0.5) is 0 Å². The van der Waals surface area contributed by atoms with Gasteiger partial charge in [0.1, 0.15) is 0 Å². The number of halogens is 1. The number of rotatable bonds is 5. The SMILES string of the molecule is CCN(CCCCl)C(=O)c1ccco1. The Hall–Kier alpha value is -0.960. The van der Waals surface area contributed by atoms with E-state index in [4.69, 9.17) is 16.0 Å². The zero-order valence-electron chi connectivity index (χ0n) is 8.20. The van der Waals surface area contributed by atoms with Crippen molar-refractivity contribution >= 4 is 17.5 Å². The summed E-state index contributed by atoms with van der Waals surface area (Å²) in [6.07, 6.45) is 2.31. The van der Waals surface area contributed by atoms with Gasteiger partial charge in [-0.3, -0.25) is 4.79 Å². The first-order valence-electron chi connectivity index (χ1n) is 4.68.